The van der Waals surface area contributed by atoms with Gasteiger partial charge in [0, 0.05) is 0 Å². The van der Waals surface area contributed by atoms with E-state index in [1.165, 1.54) is 6.92 Å². The summed E-state index contributed by atoms with van der Waals surface area (Å²) in [6.45, 7) is 0.619. The third-order valence-corrected chi connectivity index (χ3v) is 3.23. The minimum atomic E-state index is -1.98. The number of aliphatic hydroxyl groups excluding tert-OH is 4. The Labute approximate surface area is 87.4 Å². The number of hydrogen-bond donors (Lipinski definition) is 6. The lowest BCUT2D eigenvalue weighted by Gasteiger charge is -2.48. The normalized spacial score (nSPS) is 49.0. The van der Waals surface area contributed by atoms with Crippen molar-refractivity contribution in [2.75, 3.05) is 6.61 Å². The molecular formula is C9H18O6. The van der Waals surface area contributed by atoms with Gasteiger partial charge in [-0.1, -0.05) is 0 Å². The predicted octanol–water partition coefficient (Wildman–Crippen LogP) is -2.66. The fraction of sp³-hybridized carbons (Fsp3) is 1.00. The molecular weight excluding hydrogens is 204 g/mol. The highest BCUT2D eigenvalue weighted by molar-refractivity contribution is 5.06. The van der Waals surface area contributed by atoms with E-state index in [0.717, 1.165) is 0 Å². The summed E-state index contributed by atoms with van der Waals surface area (Å²) in [5.41, 5.74) is -3.47. The zero-order chi connectivity index (χ0) is 11.9. The molecule has 1 fully saturated rings. The largest absolute Gasteiger partial charge is 0.394 e. The van der Waals surface area contributed by atoms with E-state index in [1.807, 2.05) is 0 Å². The van der Waals surface area contributed by atoms with Crippen LogP contribution in [0.1, 0.15) is 19.8 Å². The van der Waals surface area contributed by atoms with E-state index in [4.69, 9.17) is 5.11 Å². The third kappa shape index (κ3) is 2.01. The molecule has 1 aliphatic carbocycles. The molecule has 6 N–H and O–H groups in total. The van der Waals surface area contributed by atoms with Crippen LogP contribution in [0.25, 0.3) is 0 Å². The zero-order valence-corrected chi connectivity index (χ0v) is 8.54. The summed E-state index contributed by atoms with van der Waals surface area (Å²) in [6, 6.07) is 0. The molecule has 0 bridgehead atoms. The molecule has 6 heteroatoms. The van der Waals surface area contributed by atoms with Gasteiger partial charge in [0.15, 0.2) is 0 Å². The Hall–Kier alpha value is -0.240. The predicted molar refractivity (Wildman–Crippen MR) is 49.9 cm³/mol. The Morgan fingerprint density at radius 2 is 1.73 bits per heavy atom. The average Bonchev–Trinajstić information content (AvgIpc) is 2.20. The molecule has 0 aromatic rings. The minimum absolute atomic E-state index is 0.0266. The smallest absolute Gasteiger partial charge is 0.121 e. The Morgan fingerprint density at radius 3 is 2.20 bits per heavy atom. The van der Waals surface area contributed by atoms with Crippen LogP contribution in [0.2, 0.25) is 0 Å². The van der Waals surface area contributed by atoms with Crippen LogP contribution in [0.5, 0.6) is 0 Å². The second kappa shape index (κ2) is 3.97. The van der Waals surface area contributed by atoms with Crippen LogP contribution in [0.15, 0.2) is 0 Å². The van der Waals surface area contributed by atoms with E-state index in [0.29, 0.717) is 0 Å². The Bertz CT molecular complexity index is 231. The van der Waals surface area contributed by atoms with Crippen LogP contribution >= 0.6 is 0 Å². The fourth-order valence-electron chi connectivity index (χ4n) is 1.88. The minimum Gasteiger partial charge on any atom is -0.394 e. The lowest BCUT2D eigenvalue weighted by atomic mass is 9.70. The van der Waals surface area contributed by atoms with Gasteiger partial charge in [0.25, 0.3) is 0 Å². The summed E-state index contributed by atoms with van der Waals surface area (Å²) in [4.78, 5) is 0. The molecule has 0 aromatic heterocycles. The van der Waals surface area contributed by atoms with Crippen molar-refractivity contribution in [3.63, 3.8) is 0 Å². The Morgan fingerprint density at radius 1 is 1.20 bits per heavy atom. The summed E-state index contributed by atoms with van der Waals surface area (Å²) >= 11 is 0. The van der Waals surface area contributed by atoms with Crippen molar-refractivity contribution in [1.29, 1.82) is 0 Å². The summed E-state index contributed by atoms with van der Waals surface area (Å²) < 4.78 is 0. The molecule has 1 rings (SSSR count). The summed E-state index contributed by atoms with van der Waals surface area (Å²) in [5.74, 6) is 0. The maximum Gasteiger partial charge on any atom is 0.121 e. The van der Waals surface area contributed by atoms with Crippen molar-refractivity contribution in [2.24, 2.45) is 0 Å². The third-order valence-electron chi connectivity index (χ3n) is 3.23. The Balaban J connectivity index is 2.89. The quantitative estimate of drug-likeness (QED) is 0.303. The van der Waals surface area contributed by atoms with E-state index in [-0.39, 0.29) is 12.8 Å². The first-order valence-corrected chi connectivity index (χ1v) is 4.85. The lowest BCUT2D eigenvalue weighted by molar-refractivity contribution is -0.248. The summed E-state index contributed by atoms with van der Waals surface area (Å²) in [6.07, 6.45) is -4.86. The monoisotopic (exact) mass is 222 g/mol. The maximum absolute atomic E-state index is 9.88. The van der Waals surface area contributed by atoms with Gasteiger partial charge in [-0.25, -0.2) is 0 Å². The molecule has 0 radical (unpaired) electrons. The van der Waals surface area contributed by atoms with Crippen molar-refractivity contribution in [3.8, 4) is 0 Å². The summed E-state index contributed by atoms with van der Waals surface area (Å²) in [5, 5.41) is 56.7. The second-order valence-electron chi connectivity index (χ2n) is 4.44. The highest BCUT2D eigenvalue weighted by Crippen LogP contribution is 2.37. The molecule has 0 saturated heterocycles. The van der Waals surface area contributed by atoms with Crippen molar-refractivity contribution < 1.29 is 30.6 Å². The van der Waals surface area contributed by atoms with Gasteiger partial charge in [0.1, 0.15) is 23.9 Å². The lowest BCUT2D eigenvalue weighted by Crippen LogP contribution is -2.66. The first kappa shape index (κ1) is 12.8. The van der Waals surface area contributed by atoms with Gasteiger partial charge in [0.05, 0.1) is 12.2 Å². The molecule has 0 aliphatic heterocycles. The van der Waals surface area contributed by atoms with Gasteiger partial charge in [-0.3, -0.25) is 0 Å². The van der Waals surface area contributed by atoms with Crippen LogP contribution in [0.3, 0.4) is 0 Å². The van der Waals surface area contributed by atoms with E-state index in [1.54, 1.807) is 0 Å². The average molecular weight is 222 g/mol. The molecule has 1 aliphatic rings. The molecule has 90 valence electrons. The van der Waals surface area contributed by atoms with E-state index in [2.05, 4.69) is 0 Å². The SMILES string of the molecule is CC1(O)CC[C@](O)(C(O)CO)C(O)C1O. The van der Waals surface area contributed by atoms with Crippen LogP contribution in [-0.4, -0.2) is 66.8 Å². The molecule has 15 heavy (non-hydrogen) atoms. The topological polar surface area (TPSA) is 121 Å². The molecule has 5 atom stereocenters. The molecule has 1 saturated carbocycles. The molecule has 6 nitrogen and oxygen atoms in total. The van der Waals surface area contributed by atoms with Crippen LogP contribution in [-0.2, 0) is 0 Å². The molecule has 0 spiro atoms. The van der Waals surface area contributed by atoms with E-state index in [9.17, 15) is 25.5 Å². The van der Waals surface area contributed by atoms with Gasteiger partial charge in [-0.2, -0.15) is 0 Å². The molecule has 0 amide bonds. The van der Waals surface area contributed by atoms with Crippen molar-refractivity contribution >= 4 is 0 Å². The van der Waals surface area contributed by atoms with Gasteiger partial charge in [0.2, 0.25) is 0 Å². The van der Waals surface area contributed by atoms with Crippen LogP contribution in [0.4, 0.5) is 0 Å². The fourth-order valence-corrected chi connectivity index (χ4v) is 1.88. The van der Waals surface area contributed by atoms with Crippen molar-refractivity contribution in [2.45, 2.75) is 49.3 Å². The van der Waals surface area contributed by atoms with E-state index >= 15 is 0 Å². The van der Waals surface area contributed by atoms with Crippen molar-refractivity contribution in [3.05, 3.63) is 0 Å². The van der Waals surface area contributed by atoms with Gasteiger partial charge in [-0.15, -0.1) is 0 Å². The van der Waals surface area contributed by atoms with Crippen LogP contribution < -0.4 is 0 Å². The molecule has 4 unspecified atom stereocenters. The first-order valence-electron chi connectivity index (χ1n) is 4.85. The zero-order valence-electron chi connectivity index (χ0n) is 8.54. The van der Waals surface area contributed by atoms with Gasteiger partial charge in [-0.05, 0) is 19.8 Å². The summed E-state index contributed by atoms with van der Waals surface area (Å²) in [7, 11) is 0. The highest BCUT2D eigenvalue weighted by atomic mass is 16.4. The van der Waals surface area contributed by atoms with Crippen molar-refractivity contribution in [1.82, 2.24) is 0 Å². The number of aliphatic hydroxyl groups is 6. The maximum atomic E-state index is 9.88. The molecule has 0 heterocycles. The van der Waals surface area contributed by atoms with Gasteiger partial charge >= 0.3 is 0 Å². The number of hydrogen-bond acceptors (Lipinski definition) is 6. The highest BCUT2D eigenvalue weighted by Gasteiger charge is 2.54. The number of rotatable bonds is 2. The molecule has 0 aromatic carbocycles. The first-order chi connectivity index (χ1) is 6.75. The standard InChI is InChI=1S/C9H18O6/c1-8(14)2-3-9(15,5(11)4-10)7(13)6(8)12/h5-7,10-15H,2-4H2,1H3/t5?,6?,7?,8?,9-/m0/s1. The van der Waals surface area contributed by atoms with E-state index < -0.39 is 36.1 Å². The Kier molecular flexibility index (Phi) is 3.39. The van der Waals surface area contributed by atoms with Gasteiger partial charge < -0.3 is 30.6 Å². The second-order valence-corrected chi connectivity index (χ2v) is 4.44. The van der Waals surface area contributed by atoms with Crippen LogP contribution in [0, 0.1) is 0 Å².